The number of fused-ring (bicyclic) bond motifs is 4. The molecule has 42 heavy (non-hydrogen) atoms. The van der Waals surface area contributed by atoms with E-state index in [4.69, 9.17) is 23.2 Å². The lowest BCUT2D eigenvalue weighted by Gasteiger charge is -2.50. The third-order valence-corrected chi connectivity index (χ3v) is 11.3. The number of benzene rings is 1. The summed E-state index contributed by atoms with van der Waals surface area (Å²) in [5.41, 5.74) is -0.180. The van der Waals surface area contributed by atoms with Crippen LogP contribution < -0.4 is 4.74 Å². The Labute approximate surface area is 259 Å². The fraction of sp³-hybridized carbons (Fsp3) is 0.407. The fourth-order valence-electron chi connectivity index (χ4n) is 6.84. The number of hydrogen-bond acceptors (Lipinski definition) is 7. The van der Waals surface area contributed by atoms with E-state index in [0.717, 1.165) is 32.9 Å². The van der Waals surface area contributed by atoms with Crippen molar-refractivity contribution in [3.8, 4) is 11.5 Å². The maximum atomic E-state index is 13.8. The predicted molar refractivity (Wildman–Crippen MR) is 148 cm³/mol. The van der Waals surface area contributed by atoms with Crippen molar-refractivity contribution < 1.29 is 42.2 Å². The Morgan fingerprint density at radius 1 is 1.07 bits per heavy atom. The van der Waals surface area contributed by atoms with E-state index in [1.165, 1.54) is 11.3 Å². The number of ether oxygens (including phenoxy) is 1. The lowest BCUT2D eigenvalue weighted by atomic mass is 9.56. The van der Waals surface area contributed by atoms with Crippen LogP contribution in [0.2, 0.25) is 0 Å². The van der Waals surface area contributed by atoms with Gasteiger partial charge >= 0.3 is 6.36 Å². The minimum Gasteiger partial charge on any atom is -0.508 e. The Kier molecular flexibility index (Phi) is 6.99. The number of amides is 4. The molecular formula is C27H20BrCl2F3N2O6S. The first kappa shape index (κ1) is 29.5. The number of allylic oxidation sites excluding steroid dienone is 2. The molecule has 6 rings (SSSR count). The predicted octanol–water partition coefficient (Wildman–Crippen LogP) is 5.26. The van der Waals surface area contributed by atoms with Gasteiger partial charge in [0, 0.05) is 16.4 Å². The molecule has 2 aromatic rings. The molecule has 1 saturated carbocycles. The minimum absolute atomic E-state index is 0.0612. The van der Waals surface area contributed by atoms with Crippen LogP contribution in [0.25, 0.3) is 0 Å². The highest BCUT2D eigenvalue weighted by molar-refractivity contribution is 9.09. The first-order valence-electron chi connectivity index (χ1n) is 12.7. The van der Waals surface area contributed by atoms with Crippen LogP contribution in [0.5, 0.6) is 11.5 Å². The molecule has 4 aliphatic rings. The normalized spacial score (nSPS) is 32.6. The van der Waals surface area contributed by atoms with E-state index in [-0.39, 0.29) is 30.4 Å². The zero-order valence-corrected chi connectivity index (χ0v) is 25.2. The molecule has 2 saturated heterocycles. The summed E-state index contributed by atoms with van der Waals surface area (Å²) in [6.07, 6.45) is -3.65. The Balaban J connectivity index is 1.51. The smallest absolute Gasteiger partial charge is 0.508 e. The van der Waals surface area contributed by atoms with Gasteiger partial charge in [-0.3, -0.25) is 29.0 Å². The maximum absolute atomic E-state index is 13.8. The first-order valence-corrected chi connectivity index (χ1v) is 15.4. The summed E-state index contributed by atoms with van der Waals surface area (Å²) >= 11 is 18.6. The van der Waals surface area contributed by atoms with Crippen LogP contribution >= 0.6 is 50.5 Å². The number of nitrogens with zero attached hydrogens (tertiary/aromatic N) is 2. The van der Waals surface area contributed by atoms with Gasteiger partial charge in [0.1, 0.15) is 11.5 Å². The van der Waals surface area contributed by atoms with Gasteiger partial charge in [0.15, 0.2) is 9.75 Å². The molecular weight excluding hydrogens is 688 g/mol. The second kappa shape index (κ2) is 9.96. The Bertz CT molecular complexity index is 1550. The molecule has 15 heteroatoms. The monoisotopic (exact) mass is 706 g/mol. The van der Waals surface area contributed by atoms with Crippen molar-refractivity contribution in [2.45, 2.75) is 41.4 Å². The van der Waals surface area contributed by atoms with E-state index in [1.807, 2.05) is 5.38 Å². The summed E-state index contributed by atoms with van der Waals surface area (Å²) < 4.78 is 43.4. The number of carbonyl (C=O) groups is 4. The maximum Gasteiger partial charge on any atom is 0.573 e. The van der Waals surface area contributed by atoms with Crippen LogP contribution in [0.1, 0.15) is 29.2 Å². The van der Waals surface area contributed by atoms with Gasteiger partial charge in [0.05, 0.1) is 23.8 Å². The van der Waals surface area contributed by atoms with Gasteiger partial charge in [0.2, 0.25) is 11.8 Å². The molecule has 6 unspecified atom stereocenters. The molecule has 1 N–H and O–H groups in total. The van der Waals surface area contributed by atoms with E-state index in [0.29, 0.717) is 5.57 Å². The van der Waals surface area contributed by atoms with Gasteiger partial charge < -0.3 is 9.84 Å². The van der Waals surface area contributed by atoms with Gasteiger partial charge in [0.25, 0.3) is 11.8 Å². The first-order chi connectivity index (χ1) is 19.7. The molecule has 6 atom stereocenters. The zero-order chi connectivity index (χ0) is 30.4. The third kappa shape index (κ3) is 4.14. The highest BCUT2D eigenvalue weighted by Gasteiger charge is 2.76. The number of imide groups is 2. The number of phenolic OH excluding ortho intramolecular Hbond substituents is 1. The average molecular weight is 708 g/mol. The summed E-state index contributed by atoms with van der Waals surface area (Å²) in [4.78, 5) is 53.0. The van der Waals surface area contributed by atoms with Gasteiger partial charge in [-0.15, -0.1) is 47.7 Å². The van der Waals surface area contributed by atoms with Crippen molar-refractivity contribution in [2.75, 3.05) is 5.45 Å². The lowest BCUT2D eigenvalue weighted by molar-refractivity contribution is -0.274. The standard InChI is InChI=1S/C27H20BrCl2F3N2O6S/c28-11-35-23(39)25(29)9-17-14(4-5-15-19(17)22(38)34(21(15)37)10-13-2-1-7-42-13)20(26(25,30)24(35)40)16-8-12(3-6-18(16)36)41-27(31,32)33/h1-4,6-8,15,17,19-20,36H,5,9-11H2. The van der Waals surface area contributed by atoms with Gasteiger partial charge in [-0.2, -0.15) is 0 Å². The summed E-state index contributed by atoms with van der Waals surface area (Å²) in [6, 6.07) is 6.32. The summed E-state index contributed by atoms with van der Waals surface area (Å²) in [7, 11) is 0. The van der Waals surface area contributed by atoms with E-state index in [1.54, 1.807) is 18.2 Å². The molecule has 3 fully saturated rings. The number of carbonyl (C=O) groups excluding carboxylic acids is 4. The summed E-state index contributed by atoms with van der Waals surface area (Å²) in [6.45, 7) is 0.0612. The molecule has 4 amide bonds. The number of hydrogen-bond donors (Lipinski definition) is 1. The molecule has 1 aromatic heterocycles. The van der Waals surface area contributed by atoms with E-state index in [9.17, 15) is 37.5 Å². The van der Waals surface area contributed by atoms with Crippen molar-refractivity contribution >= 4 is 74.1 Å². The van der Waals surface area contributed by atoms with Crippen molar-refractivity contribution in [2.24, 2.45) is 17.8 Å². The van der Waals surface area contributed by atoms with Crippen LogP contribution in [0.4, 0.5) is 13.2 Å². The van der Waals surface area contributed by atoms with Crippen molar-refractivity contribution in [3.63, 3.8) is 0 Å². The van der Waals surface area contributed by atoms with Crippen molar-refractivity contribution in [1.29, 1.82) is 0 Å². The third-order valence-electron chi connectivity index (χ3n) is 8.54. The molecule has 3 heterocycles. The Morgan fingerprint density at radius 2 is 1.81 bits per heavy atom. The number of rotatable bonds is 5. The number of halogens is 6. The van der Waals surface area contributed by atoms with E-state index in [2.05, 4.69) is 20.7 Å². The van der Waals surface area contributed by atoms with Crippen LogP contribution in [-0.2, 0) is 25.7 Å². The Morgan fingerprint density at radius 3 is 2.45 bits per heavy atom. The summed E-state index contributed by atoms with van der Waals surface area (Å²) in [5, 5.41) is 12.7. The van der Waals surface area contributed by atoms with Crippen molar-refractivity contribution in [3.05, 3.63) is 57.8 Å². The SMILES string of the molecule is O=C1C2CC=C3C(CC4(Cl)C(=O)N(CBr)C(=O)C4(Cl)C3c3cc(OC(F)(F)F)ccc3O)C2C(=O)N1Cc1cccs1. The van der Waals surface area contributed by atoms with Crippen LogP contribution in [0.15, 0.2) is 47.4 Å². The number of phenols is 1. The second-order valence-electron chi connectivity index (χ2n) is 10.6. The van der Waals surface area contributed by atoms with Crippen LogP contribution in [-0.4, -0.2) is 60.1 Å². The number of alkyl halides is 6. The largest absolute Gasteiger partial charge is 0.573 e. The quantitative estimate of drug-likeness (QED) is 0.197. The number of likely N-dealkylation sites (tertiary alicyclic amines) is 2. The van der Waals surface area contributed by atoms with Crippen LogP contribution in [0.3, 0.4) is 0 Å². The molecule has 1 aromatic carbocycles. The van der Waals surface area contributed by atoms with Crippen LogP contribution in [0, 0.1) is 17.8 Å². The van der Waals surface area contributed by atoms with Gasteiger partial charge in [-0.05, 0) is 48.4 Å². The molecule has 0 bridgehead atoms. The minimum atomic E-state index is -5.07. The highest BCUT2D eigenvalue weighted by atomic mass is 79.9. The molecule has 8 nitrogen and oxygen atoms in total. The second-order valence-corrected chi connectivity index (χ2v) is 13.4. The molecule has 0 spiro atoms. The number of aromatic hydroxyl groups is 1. The molecule has 222 valence electrons. The van der Waals surface area contributed by atoms with Gasteiger partial charge in [-0.1, -0.05) is 33.6 Å². The number of thiophene rings is 1. The molecule has 2 aliphatic carbocycles. The molecule has 0 radical (unpaired) electrons. The van der Waals surface area contributed by atoms with E-state index < -0.39 is 74.9 Å². The molecule has 2 aliphatic heterocycles. The summed E-state index contributed by atoms with van der Waals surface area (Å²) in [5.74, 6) is -7.94. The average Bonchev–Trinajstić information content (AvgIpc) is 3.56. The van der Waals surface area contributed by atoms with Crippen molar-refractivity contribution in [1.82, 2.24) is 9.80 Å². The zero-order valence-electron chi connectivity index (χ0n) is 21.2. The fourth-order valence-corrected chi connectivity index (χ4v) is 8.95. The topological polar surface area (TPSA) is 104 Å². The van der Waals surface area contributed by atoms with E-state index >= 15 is 0 Å². The Hall–Kier alpha value is -2.61. The lowest BCUT2D eigenvalue weighted by Crippen LogP contribution is -2.60. The van der Waals surface area contributed by atoms with Gasteiger partial charge in [-0.25, -0.2) is 0 Å². The highest BCUT2D eigenvalue weighted by Crippen LogP contribution is 2.66.